The summed E-state index contributed by atoms with van der Waals surface area (Å²) in [5.41, 5.74) is 5.83. The monoisotopic (exact) mass is 479 g/mol. The third-order valence-electron chi connectivity index (χ3n) is 6.47. The van der Waals surface area contributed by atoms with Crippen molar-refractivity contribution in [2.45, 2.75) is 26.1 Å². The lowest BCUT2D eigenvalue weighted by atomic mass is 9.79. The zero-order valence-corrected chi connectivity index (χ0v) is 19.5. The van der Waals surface area contributed by atoms with Gasteiger partial charge < -0.3 is 19.0 Å². The van der Waals surface area contributed by atoms with E-state index < -0.39 is 7.12 Å². The predicted molar refractivity (Wildman–Crippen MR) is 136 cm³/mol. The van der Waals surface area contributed by atoms with Crippen LogP contribution < -0.4 is 10.2 Å². The quantitative estimate of drug-likeness (QED) is 0.356. The fourth-order valence-electron chi connectivity index (χ4n) is 4.60. The van der Waals surface area contributed by atoms with Crippen LogP contribution in [0.3, 0.4) is 0 Å². The fraction of sp³-hybridized carbons (Fsp3) is 0.143. The lowest BCUT2D eigenvalue weighted by Crippen LogP contribution is -2.28. The fourth-order valence-corrected chi connectivity index (χ4v) is 4.60. The van der Waals surface area contributed by atoms with Gasteiger partial charge in [0.1, 0.15) is 18.2 Å². The molecule has 0 fully saturated rings. The number of ether oxygens (including phenoxy) is 1. The summed E-state index contributed by atoms with van der Waals surface area (Å²) in [5, 5.41) is 10.9. The van der Waals surface area contributed by atoms with Gasteiger partial charge in [0.15, 0.2) is 0 Å². The summed E-state index contributed by atoms with van der Waals surface area (Å²) in [4.78, 5) is 8.54. The lowest BCUT2D eigenvalue weighted by Gasteiger charge is -2.11. The molecule has 2 aromatic carbocycles. The molecule has 178 valence electrons. The second-order valence-electron chi connectivity index (χ2n) is 8.92. The van der Waals surface area contributed by atoms with Crippen LogP contribution in [-0.4, -0.2) is 26.7 Å². The van der Waals surface area contributed by atoms with Gasteiger partial charge in [-0.25, -0.2) is 4.39 Å². The van der Waals surface area contributed by atoms with Crippen molar-refractivity contribution >= 4 is 23.5 Å². The summed E-state index contributed by atoms with van der Waals surface area (Å²) < 4.78 is 27.9. The molecule has 0 saturated heterocycles. The predicted octanol–water partition coefficient (Wildman–Crippen LogP) is 4.14. The first-order chi connectivity index (χ1) is 17.6. The van der Waals surface area contributed by atoms with Crippen LogP contribution in [0.25, 0.3) is 16.6 Å². The summed E-state index contributed by atoms with van der Waals surface area (Å²) in [6.07, 6.45) is 11.0. The Morgan fingerprint density at radius 3 is 2.72 bits per heavy atom. The van der Waals surface area contributed by atoms with Crippen LogP contribution in [0.2, 0.25) is 0 Å². The molecule has 1 aliphatic rings. The highest BCUT2D eigenvalue weighted by molar-refractivity contribution is 6.61. The van der Waals surface area contributed by atoms with E-state index in [4.69, 9.17) is 9.39 Å². The molecule has 1 N–H and O–H groups in total. The van der Waals surface area contributed by atoms with Gasteiger partial charge in [-0.15, -0.1) is 0 Å². The van der Waals surface area contributed by atoms with Gasteiger partial charge in [0.2, 0.25) is 0 Å². The number of benzene rings is 2. The number of fused-ring (bicyclic) bond motifs is 2. The van der Waals surface area contributed by atoms with Crippen LogP contribution in [-0.2, 0) is 30.7 Å². The van der Waals surface area contributed by atoms with Crippen molar-refractivity contribution in [3.05, 3.63) is 114 Å². The molecule has 8 heteroatoms. The Kier molecular flexibility index (Phi) is 5.97. The smallest absolute Gasteiger partial charge is 0.489 e. The first-order valence-electron chi connectivity index (χ1n) is 11.8. The molecule has 6 rings (SSSR count). The van der Waals surface area contributed by atoms with Gasteiger partial charge in [-0.1, -0.05) is 6.07 Å². The van der Waals surface area contributed by atoms with E-state index >= 15 is 0 Å². The van der Waals surface area contributed by atoms with Gasteiger partial charge in [-0.2, -0.15) is 0 Å². The molecule has 0 amide bonds. The molecule has 36 heavy (non-hydrogen) atoms. The number of pyridine rings is 2. The van der Waals surface area contributed by atoms with Crippen molar-refractivity contribution in [1.82, 2.24) is 14.5 Å². The largest absolute Gasteiger partial charge is 0.491 e. The molecular formula is C28H23BFN3O3. The third kappa shape index (κ3) is 4.48. The van der Waals surface area contributed by atoms with Crippen molar-refractivity contribution < 1.29 is 18.8 Å². The standard InChI is InChI=1S/C28H23BFN3O3/c30-26-12-23-18-36-29(34)25(23)13-28(26)33-9-7-22-11-24(5-6-27(22)33)35-17-21-10-20(15-32-16-21)4-3-19-2-1-8-31-14-19/h1-2,5-16,34H,3-4,17-18H2. The number of halogens is 1. The molecule has 1 aliphatic heterocycles. The Bertz CT molecular complexity index is 1540. The summed E-state index contributed by atoms with van der Waals surface area (Å²) in [6, 6.07) is 16.9. The second-order valence-corrected chi connectivity index (χ2v) is 8.92. The van der Waals surface area contributed by atoms with Gasteiger partial charge in [0, 0.05) is 41.9 Å². The van der Waals surface area contributed by atoms with Crippen LogP contribution in [0.15, 0.2) is 85.6 Å². The molecule has 0 unspecified atom stereocenters. The van der Waals surface area contributed by atoms with E-state index in [-0.39, 0.29) is 12.4 Å². The average Bonchev–Trinajstić information content (AvgIpc) is 3.49. The second kappa shape index (κ2) is 9.56. The first kappa shape index (κ1) is 22.5. The topological polar surface area (TPSA) is 69.4 Å². The Balaban J connectivity index is 1.17. The highest BCUT2D eigenvalue weighted by Gasteiger charge is 2.29. The third-order valence-corrected chi connectivity index (χ3v) is 6.47. The zero-order valence-electron chi connectivity index (χ0n) is 19.5. The van der Waals surface area contributed by atoms with Crippen LogP contribution in [0.1, 0.15) is 22.3 Å². The first-order valence-corrected chi connectivity index (χ1v) is 11.8. The molecule has 0 aliphatic carbocycles. The summed E-state index contributed by atoms with van der Waals surface area (Å²) in [5.74, 6) is 0.361. The average molecular weight is 479 g/mol. The van der Waals surface area contributed by atoms with Crippen molar-refractivity contribution in [1.29, 1.82) is 0 Å². The molecule has 4 heterocycles. The molecule has 0 radical (unpaired) electrons. The molecule has 0 spiro atoms. The van der Waals surface area contributed by atoms with Crippen molar-refractivity contribution in [3.63, 3.8) is 0 Å². The van der Waals surface area contributed by atoms with Crippen LogP contribution in [0, 0.1) is 5.82 Å². The maximum Gasteiger partial charge on any atom is 0.491 e. The Morgan fingerprint density at radius 2 is 1.83 bits per heavy atom. The number of hydrogen-bond acceptors (Lipinski definition) is 5. The minimum atomic E-state index is -1.02. The SMILES string of the molecule is OB1OCc2cc(F)c(-n3ccc4cc(OCc5cncc(CCc6cccnc6)c5)ccc43)cc21. The molecule has 5 aromatic rings. The van der Waals surface area contributed by atoms with E-state index in [1.807, 2.05) is 55.1 Å². The normalized spacial score (nSPS) is 12.8. The highest BCUT2D eigenvalue weighted by Crippen LogP contribution is 2.27. The van der Waals surface area contributed by atoms with Gasteiger partial charge in [-0.05, 0) is 83.5 Å². The lowest BCUT2D eigenvalue weighted by molar-refractivity contribution is 0.275. The molecule has 0 saturated carbocycles. The minimum Gasteiger partial charge on any atom is -0.489 e. The number of aryl methyl sites for hydroxylation is 2. The van der Waals surface area contributed by atoms with E-state index in [9.17, 15) is 9.41 Å². The van der Waals surface area contributed by atoms with Crippen LogP contribution in [0.4, 0.5) is 4.39 Å². The minimum absolute atomic E-state index is 0.212. The Morgan fingerprint density at radius 1 is 0.972 bits per heavy atom. The van der Waals surface area contributed by atoms with Crippen molar-refractivity contribution in [3.8, 4) is 11.4 Å². The summed E-state index contributed by atoms with van der Waals surface area (Å²) in [7, 11) is -1.02. The summed E-state index contributed by atoms with van der Waals surface area (Å²) in [6.45, 7) is 0.612. The number of rotatable bonds is 7. The maximum atomic E-state index is 14.8. The van der Waals surface area contributed by atoms with E-state index in [0.29, 0.717) is 23.3 Å². The van der Waals surface area contributed by atoms with E-state index in [2.05, 4.69) is 22.1 Å². The Labute approximate surface area is 208 Å². The molecular weight excluding hydrogens is 456 g/mol. The zero-order chi connectivity index (χ0) is 24.5. The van der Waals surface area contributed by atoms with Crippen molar-refractivity contribution in [2.24, 2.45) is 0 Å². The van der Waals surface area contributed by atoms with E-state index in [1.54, 1.807) is 16.8 Å². The van der Waals surface area contributed by atoms with E-state index in [0.717, 1.165) is 40.6 Å². The molecule has 0 atom stereocenters. The summed E-state index contributed by atoms with van der Waals surface area (Å²) >= 11 is 0. The Hall–Kier alpha value is -4.01. The molecule has 3 aromatic heterocycles. The van der Waals surface area contributed by atoms with Gasteiger partial charge in [0.25, 0.3) is 0 Å². The number of aromatic nitrogens is 3. The van der Waals surface area contributed by atoms with Gasteiger partial charge >= 0.3 is 7.12 Å². The maximum absolute atomic E-state index is 14.8. The van der Waals surface area contributed by atoms with Gasteiger partial charge in [0.05, 0.1) is 17.8 Å². The van der Waals surface area contributed by atoms with Gasteiger partial charge in [-0.3, -0.25) is 9.97 Å². The number of nitrogens with zero attached hydrogens (tertiary/aromatic N) is 3. The van der Waals surface area contributed by atoms with Crippen molar-refractivity contribution in [2.75, 3.05) is 0 Å². The number of hydrogen-bond donors (Lipinski definition) is 1. The van der Waals surface area contributed by atoms with Crippen LogP contribution in [0.5, 0.6) is 5.75 Å². The molecule has 6 nitrogen and oxygen atoms in total. The van der Waals surface area contributed by atoms with Crippen LogP contribution >= 0.6 is 0 Å². The molecule has 0 bridgehead atoms. The van der Waals surface area contributed by atoms with E-state index in [1.165, 1.54) is 11.6 Å². The highest BCUT2D eigenvalue weighted by atomic mass is 19.1.